The molecule has 3 rings (SSSR count). The lowest BCUT2D eigenvalue weighted by atomic mass is 10.2. The molecule has 2 aromatic rings. The van der Waals surface area contributed by atoms with Crippen LogP contribution in [0.25, 0.3) is 0 Å². The van der Waals surface area contributed by atoms with Gasteiger partial charge < -0.3 is 15.5 Å². The number of amides is 2. The van der Waals surface area contributed by atoms with E-state index < -0.39 is 23.6 Å². The molecule has 1 fully saturated rings. The Kier molecular flexibility index (Phi) is 4.97. The minimum atomic E-state index is -4.42. The molecule has 138 valence electrons. The Bertz CT molecular complexity index is 762. The van der Waals surface area contributed by atoms with Crippen LogP contribution in [0.2, 0.25) is 0 Å². The maximum Gasteiger partial charge on any atom is 0.417 e. The van der Waals surface area contributed by atoms with Crippen LogP contribution in [0.3, 0.4) is 0 Å². The Labute approximate surface area is 147 Å². The first-order valence-corrected chi connectivity index (χ1v) is 7.92. The molecule has 0 unspecified atom stereocenters. The fourth-order valence-corrected chi connectivity index (χ4v) is 2.71. The van der Waals surface area contributed by atoms with E-state index in [4.69, 9.17) is 0 Å². The van der Waals surface area contributed by atoms with Crippen LogP contribution < -0.4 is 15.5 Å². The van der Waals surface area contributed by atoms with Gasteiger partial charge in [-0.15, -0.1) is 0 Å². The van der Waals surface area contributed by atoms with E-state index in [0.717, 1.165) is 12.3 Å². The van der Waals surface area contributed by atoms with Crippen molar-refractivity contribution < 1.29 is 22.4 Å². The molecule has 1 aromatic heterocycles. The van der Waals surface area contributed by atoms with Crippen LogP contribution in [0.4, 0.5) is 33.9 Å². The normalized spacial score (nSPS) is 17.2. The average Bonchev–Trinajstić information content (AvgIpc) is 3.04. The van der Waals surface area contributed by atoms with Crippen molar-refractivity contribution in [2.24, 2.45) is 0 Å². The molecule has 1 aliphatic heterocycles. The van der Waals surface area contributed by atoms with Crippen molar-refractivity contribution in [3.8, 4) is 0 Å². The van der Waals surface area contributed by atoms with Crippen molar-refractivity contribution >= 4 is 17.5 Å². The summed E-state index contributed by atoms with van der Waals surface area (Å²) in [5, 5.41) is 5.38. The van der Waals surface area contributed by atoms with E-state index in [1.807, 2.05) is 4.90 Å². The number of halogens is 4. The lowest BCUT2D eigenvalue weighted by molar-refractivity contribution is -0.137. The van der Waals surface area contributed by atoms with Gasteiger partial charge >= 0.3 is 12.2 Å². The van der Waals surface area contributed by atoms with Crippen LogP contribution in [-0.2, 0) is 6.18 Å². The molecule has 0 aliphatic carbocycles. The number of carbonyl (C=O) groups is 1. The van der Waals surface area contributed by atoms with E-state index in [1.165, 1.54) is 30.3 Å². The SMILES string of the molecule is O=C(Nc1ccc(F)cc1)N[C@@H]1CCN(c2ccc(C(F)(F)F)cn2)C1. The van der Waals surface area contributed by atoms with Gasteiger partial charge in [-0.3, -0.25) is 0 Å². The van der Waals surface area contributed by atoms with E-state index in [0.29, 0.717) is 31.0 Å². The van der Waals surface area contributed by atoms with Crippen LogP contribution in [0.15, 0.2) is 42.6 Å². The third-order valence-corrected chi connectivity index (χ3v) is 4.02. The van der Waals surface area contributed by atoms with Crippen LogP contribution in [0.5, 0.6) is 0 Å². The van der Waals surface area contributed by atoms with Gasteiger partial charge in [-0.25, -0.2) is 14.2 Å². The number of anilines is 2. The first-order valence-electron chi connectivity index (χ1n) is 7.92. The topological polar surface area (TPSA) is 57.3 Å². The molecule has 2 amide bonds. The molecule has 0 bridgehead atoms. The van der Waals surface area contributed by atoms with Gasteiger partial charge in [-0.05, 0) is 42.8 Å². The summed E-state index contributed by atoms with van der Waals surface area (Å²) in [6, 6.07) is 7.09. The van der Waals surface area contributed by atoms with Crippen LogP contribution in [-0.4, -0.2) is 30.1 Å². The highest BCUT2D eigenvalue weighted by molar-refractivity contribution is 5.89. The smallest absolute Gasteiger partial charge is 0.354 e. The second-order valence-corrected chi connectivity index (χ2v) is 5.94. The van der Waals surface area contributed by atoms with Gasteiger partial charge in [0.2, 0.25) is 0 Å². The summed E-state index contributed by atoms with van der Waals surface area (Å²) in [5.41, 5.74) is -0.336. The maximum atomic E-state index is 12.8. The number of rotatable bonds is 3. The highest BCUT2D eigenvalue weighted by Crippen LogP contribution is 2.29. The van der Waals surface area contributed by atoms with Gasteiger partial charge in [0, 0.05) is 31.0 Å². The van der Waals surface area contributed by atoms with Crippen molar-refractivity contribution in [3.05, 3.63) is 54.0 Å². The minimum Gasteiger partial charge on any atom is -0.354 e. The molecule has 0 saturated carbocycles. The Morgan fingerprint density at radius 1 is 1.15 bits per heavy atom. The summed E-state index contributed by atoms with van der Waals surface area (Å²) in [4.78, 5) is 17.6. The fourth-order valence-electron chi connectivity index (χ4n) is 2.71. The number of hydrogen-bond acceptors (Lipinski definition) is 3. The number of nitrogens with one attached hydrogen (secondary N) is 2. The molecule has 2 N–H and O–H groups in total. The summed E-state index contributed by atoms with van der Waals surface area (Å²) < 4.78 is 50.6. The van der Waals surface area contributed by atoms with Crippen molar-refractivity contribution in [2.45, 2.75) is 18.6 Å². The fraction of sp³-hybridized carbons (Fsp3) is 0.294. The summed E-state index contributed by atoms with van der Waals surface area (Å²) in [6.07, 6.45) is -2.98. The molecule has 0 radical (unpaired) electrons. The summed E-state index contributed by atoms with van der Waals surface area (Å²) >= 11 is 0. The lowest BCUT2D eigenvalue weighted by Crippen LogP contribution is -2.39. The third kappa shape index (κ3) is 4.41. The molecule has 1 atom stereocenters. The minimum absolute atomic E-state index is 0.167. The molecule has 5 nitrogen and oxygen atoms in total. The van der Waals surface area contributed by atoms with Crippen molar-refractivity contribution in [2.75, 3.05) is 23.3 Å². The molecule has 1 saturated heterocycles. The molecule has 1 aliphatic rings. The number of pyridine rings is 1. The van der Waals surface area contributed by atoms with E-state index in [2.05, 4.69) is 15.6 Å². The lowest BCUT2D eigenvalue weighted by Gasteiger charge is -2.18. The van der Waals surface area contributed by atoms with E-state index in [9.17, 15) is 22.4 Å². The number of alkyl halides is 3. The molecular weight excluding hydrogens is 352 g/mol. The average molecular weight is 368 g/mol. The molecule has 1 aromatic carbocycles. The molecular formula is C17H16F4N4O. The van der Waals surface area contributed by atoms with Crippen LogP contribution in [0.1, 0.15) is 12.0 Å². The predicted octanol–water partition coefficient (Wildman–Crippen LogP) is 3.64. The number of hydrogen-bond donors (Lipinski definition) is 2. The van der Waals surface area contributed by atoms with Crippen molar-refractivity contribution in [1.29, 1.82) is 0 Å². The highest BCUT2D eigenvalue weighted by atomic mass is 19.4. The standard InChI is InChI=1S/C17H16F4N4O/c18-12-2-4-13(5-3-12)23-16(26)24-14-7-8-25(10-14)15-6-1-11(9-22-15)17(19,20)21/h1-6,9,14H,7-8,10H2,(H2,23,24,26)/t14-/m1/s1. The zero-order valence-electron chi connectivity index (χ0n) is 13.6. The molecule has 2 heterocycles. The highest BCUT2D eigenvalue weighted by Gasteiger charge is 2.31. The second kappa shape index (κ2) is 7.19. The van der Waals surface area contributed by atoms with Crippen LogP contribution >= 0.6 is 0 Å². The van der Waals surface area contributed by atoms with Gasteiger partial charge in [0.25, 0.3) is 0 Å². The number of nitrogens with zero attached hydrogens (tertiary/aromatic N) is 2. The van der Waals surface area contributed by atoms with Gasteiger partial charge in [-0.2, -0.15) is 13.2 Å². The predicted molar refractivity (Wildman–Crippen MR) is 88.4 cm³/mol. The Morgan fingerprint density at radius 2 is 1.88 bits per heavy atom. The number of urea groups is 1. The largest absolute Gasteiger partial charge is 0.417 e. The van der Waals surface area contributed by atoms with E-state index >= 15 is 0 Å². The third-order valence-electron chi connectivity index (χ3n) is 4.02. The Balaban J connectivity index is 1.53. The Morgan fingerprint density at radius 3 is 2.50 bits per heavy atom. The van der Waals surface area contributed by atoms with Crippen LogP contribution in [0, 0.1) is 5.82 Å². The summed E-state index contributed by atoms with van der Waals surface area (Å²) in [6.45, 7) is 1.01. The van der Waals surface area contributed by atoms with Gasteiger partial charge in [-0.1, -0.05) is 0 Å². The maximum absolute atomic E-state index is 12.8. The molecule has 26 heavy (non-hydrogen) atoms. The molecule has 9 heteroatoms. The second-order valence-electron chi connectivity index (χ2n) is 5.94. The summed E-state index contributed by atoms with van der Waals surface area (Å²) in [7, 11) is 0. The molecule has 0 spiro atoms. The number of carbonyl (C=O) groups excluding carboxylic acids is 1. The zero-order chi connectivity index (χ0) is 18.7. The number of benzene rings is 1. The van der Waals surface area contributed by atoms with E-state index in [1.54, 1.807) is 0 Å². The first-order chi connectivity index (χ1) is 12.3. The Hall–Kier alpha value is -2.84. The summed E-state index contributed by atoms with van der Waals surface area (Å²) in [5.74, 6) is 0.0349. The van der Waals surface area contributed by atoms with Crippen molar-refractivity contribution in [1.82, 2.24) is 10.3 Å². The van der Waals surface area contributed by atoms with Gasteiger partial charge in [0.1, 0.15) is 11.6 Å². The van der Waals surface area contributed by atoms with Gasteiger partial charge in [0.15, 0.2) is 0 Å². The van der Waals surface area contributed by atoms with Crippen molar-refractivity contribution in [3.63, 3.8) is 0 Å². The quantitative estimate of drug-likeness (QED) is 0.814. The van der Waals surface area contributed by atoms with Gasteiger partial charge in [0.05, 0.1) is 5.56 Å². The van der Waals surface area contributed by atoms with E-state index in [-0.39, 0.29) is 6.04 Å². The number of aromatic nitrogens is 1. The first kappa shape index (κ1) is 18.0. The monoisotopic (exact) mass is 368 g/mol. The zero-order valence-corrected chi connectivity index (χ0v) is 13.6.